The standard InChI is InChI=1S/C23H27N7O2S/c1-15-10-17(5-6-21(15)30-14-18-11-19(30)13-29(18)2)26-23-24-9-8-20(27-23)16-4-7-22(25-12-16)28-33(3,31)32/h4-10,12,18-19H,11,13-14H2,1-3H3,(H,25,28)(H,24,26,27)/t18-,19-/m0/s1. The first kappa shape index (κ1) is 21.6. The van der Waals surface area contributed by atoms with E-state index in [1.807, 2.05) is 0 Å². The summed E-state index contributed by atoms with van der Waals surface area (Å²) in [4.78, 5) is 18.1. The van der Waals surface area contributed by atoms with Gasteiger partial charge in [-0.25, -0.2) is 23.4 Å². The molecule has 1 aromatic carbocycles. The Labute approximate surface area is 193 Å². The van der Waals surface area contributed by atoms with E-state index in [-0.39, 0.29) is 5.82 Å². The molecule has 3 aromatic rings. The average molecular weight is 466 g/mol. The number of likely N-dealkylation sites (N-methyl/N-ethyl adjacent to an activating group) is 1. The van der Waals surface area contributed by atoms with Gasteiger partial charge in [-0.3, -0.25) is 9.62 Å². The Kier molecular flexibility index (Phi) is 5.41. The molecule has 2 atom stereocenters. The van der Waals surface area contributed by atoms with Crippen LogP contribution in [0, 0.1) is 6.92 Å². The number of aryl methyl sites for hydroxylation is 1. The maximum absolute atomic E-state index is 11.4. The minimum Gasteiger partial charge on any atom is -0.365 e. The van der Waals surface area contributed by atoms with Crippen LogP contribution in [0.3, 0.4) is 0 Å². The minimum atomic E-state index is -3.37. The van der Waals surface area contributed by atoms with Gasteiger partial charge >= 0.3 is 0 Å². The maximum atomic E-state index is 11.4. The Bertz CT molecular complexity index is 1280. The molecular formula is C23H27N7O2S. The zero-order valence-electron chi connectivity index (χ0n) is 18.9. The van der Waals surface area contributed by atoms with Gasteiger partial charge in [0.25, 0.3) is 0 Å². The van der Waals surface area contributed by atoms with Crippen molar-refractivity contribution in [1.82, 2.24) is 19.9 Å². The lowest BCUT2D eigenvalue weighted by molar-refractivity contribution is 0.292. The fraction of sp³-hybridized carbons (Fsp3) is 0.348. The number of nitrogens with one attached hydrogen (secondary N) is 2. The normalized spacial score (nSPS) is 20.3. The van der Waals surface area contributed by atoms with E-state index in [1.54, 1.807) is 30.6 Å². The highest BCUT2D eigenvalue weighted by Gasteiger charge is 2.41. The van der Waals surface area contributed by atoms with Crippen LogP contribution in [0.15, 0.2) is 48.8 Å². The third-order valence-electron chi connectivity index (χ3n) is 6.28. The first-order chi connectivity index (χ1) is 15.7. The summed E-state index contributed by atoms with van der Waals surface area (Å²) < 4.78 is 25.1. The van der Waals surface area contributed by atoms with Crippen LogP contribution < -0.4 is 14.9 Å². The average Bonchev–Trinajstić information content (AvgIpc) is 3.33. The van der Waals surface area contributed by atoms with Crippen LogP contribution in [0.25, 0.3) is 11.3 Å². The van der Waals surface area contributed by atoms with Crippen LogP contribution in [0.5, 0.6) is 0 Å². The van der Waals surface area contributed by atoms with Crippen LogP contribution >= 0.6 is 0 Å². The Balaban J connectivity index is 1.30. The number of fused-ring (bicyclic) bond motifs is 2. The summed E-state index contributed by atoms with van der Waals surface area (Å²) in [6, 6.07) is 12.8. The summed E-state index contributed by atoms with van der Waals surface area (Å²) in [6.07, 6.45) is 5.61. The molecule has 9 nitrogen and oxygen atoms in total. The van der Waals surface area contributed by atoms with Crippen LogP contribution in [0.2, 0.25) is 0 Å². The summed E-state index contributed by atoms with van der Waals surface area (Å²) in [5, 5.41) is 3.30. The Morgan fingerprint density at radius 1 is 1.06 bits per heavy atom. The minimum absolute atomic E-state index is 0.266. The number of pyridine rings is 1. The maximum Gasteiger partial charge on any atom is 0.230 e. The number of likely N-dealkylation sites (tertiary alicyclic amines) is 1. The molecule has 0 radical (unpaired) electrons. The van der Waals surface area contributed by atoms with E-state index in [1.165, 1.54) is 17.7 Å². The second-order valence-electron chi connectivity index (χ2n) is 8.83. The van der Waals surface area contributed by atoms with E-state index in [9.17, 15) is 8.42 Å². The summed E-state index contributed by atoms with van der Waals surface area (Å²) in [7, 11) is -1.15. The SMILES string of the molecule is Cc1cc(Nc2nccc(-c3ccc(NS(C)(=O)=O)nc3)n2)ccc1N1C[C@@H]2C[C@H]1CN2C. The van der Waals surface area contributed by atoms with Gasteiger partial charge in [-0.05, 0) is 62.4 Å². The van der Waals surface area contributed by atoms with Crippen molar-refractivity contribution in [2.75, 3.05) is 41.3 Å². The Morgan fingerprint density at radius 2 is 1.91 bits per heavy atom. The molecule has 0 spiro atoms. The number of hydrogen-bond donors (Lipinski definition) is 2. The summed E-state index contributed by atoms with van der Waals surface area (Å²) in [5.74, 6) is 0.752. The van der Waals surface area contributed by atoms with Crippen molar-refractivity contribution in [1.29, 1.82) is 0 Å². The number of hydrogen-bond acceptors (Lipinski definition) is 8. The highest BCUT2D eigenvalue weighted by molar-refractivity contribution is 7.92. The molecule has 4 heterocycles. The van der Waals surface area contributed by atoms with E-state index < -0.39 is 10.0 Å². The number of benzene rings is 1. The van der Waals surface area contributed by atoms with Crippen molar-refractivity contribution in [2.24, 2.45) is 0 Å². The third kappa shape index (κ3) is 4.62. The van der Waals surface area contributed by atoms with Gasteiger partial charge < -0.3 is 10.2 Å². The highest BCUT2D eigenvalue weighted by Crippen LogP contribution is 2.36. The molecule has 2 aromatic heterocycles. The molecular weight excluding hydrogens is 438 g/mol. The van der Waals surface area contributed by atoms with Gasteiger partial charge in [-0.2, -0.15) is 0 Å². The van der Waals surface area contributed by atoms with E-state index in [0.29, 0.717) is 23.7 Å². The third-order valence-corrected chi connectivity index (χ3v) is 6.86. The molecule has 2 N–H and O–H groups in total. The molecule has 10 heteroatoms. The topological polar surface area (TPSA) is 103 Å². The summed E-state index contributed by atoms with van der Waals surface area (Å²) in [5.41, 5.74) is 4.91. The molecule has 2 aliphatic rings. The molecule has 2 bridgehead atoms. The van der Waals surface area contributed by atoms with E-state index in [2.05, 4.69) is 67.0 Å². The Hall–Kier alpha value is -3.24. The molecule has 172 valence electrons. The van der Waals surface area contributed by atoms with E-state index >= 15 is 0 Å². The highest BCUT2D eigenvalue weighted by atomic mass is 32.2. The van der Waals surface area contributed by atoms with Gasteiger partial charge in [0, 0.05) is 54.5 Å². The first-order valence-electron chi connectivity index (χ1n) is 10.9. The number of aromatic nitrogens is 3. The molecule has 2 fully saturated rings. The summed E-state index contributed by atoms with van der Waals surface area (Å²) >= 11 is 0. The predicted octanol–water partition coefficient (Wildman–Crippen LogP) is 2.85. The molecule has 0 aliphatic carbocycles. The zero-order valence-corrected chi connectivity index (χ0v) is 19.7. The first-order valence-corrected chi connectivity index (χ1v) is 12.8. The molecule has 2 saturated heterocycles. The largest absolute Gasteiger partial charge is 0.365 e. The van der Waals surface area contributed by atoms with Crippen molar-refractivity contribution in [3.05, 3.63) is 54.4 Å². The van der Waals surface area contributed by atoms with E-state index in [0.717, 1.165) is 30.6 Å². The van der Waals surface area contributed by atoms with Gasteiger partial charge in [0.15, 0.2) is 0 Å². The van der Waals surface area contributed by atoms with Gasteiger partial charge in [0.1, 0.15) is 5.82 Å². The second-order valence-corrected chi connectivity index (χ2v) is 10.6. The fourth-order valence-corrected chi connectivity index (χ4v) is 5.22. The summed E-state index contributed by atoms with van der Waals surface area (Å²) in [6.45, 7) is 4.36. The fourth-order valence-electron chi connectivity index (χ4n) is 4.72. The van der Waals surface area contributed by atoms with Gasteiger partial charge in [-0.15, -0.1) is 0 Å². The molecule has 0 unspecified atom stereocenters. The van der Waals surface area contributed by atoms with Crippen molar-refractivity contribution >= 4 is 33.2 Å². The monoisotopic (exact) mass is 465 g/mol. The molecule has 0 amide bonds. The van der Waals surface area contributed by atoms with Gasteiger partial charge in [-0.1, -0.05) is 0 Å². The number of sulfonamides is 1. The molecule has 0 saturated carbocycles. The molecule has 5 rings (SSSR count). The van der Waals surface area contributed by atoms with Crippen molar-refractivity contribution in [2.45, 2.75) is 25.4 Å². The van der Waals surface area contributed by atoms with Crippen molar-refractivity contribution < 1.29 is 8.42 Å². The number of piperazine rings is 1. The number of anilines is 4. The smallest absolute Gasteiger partial charge is 0.230 e. The van der Waals surface area contributed by atoms with Crippen LogP contribution in [0.4, 0.5) is 23.1 Å². The van der Waals surface area contributed by atoms with Gasteiger partial charge in [0.2, 0.25) is 16.0 Å². The van der Waals surface area contributed by atoms with Gasteiger partial charge in [0.05, 0.1) is 11.9 Å². The quantitative estimate of drug-likeness (QED) is 0.573. The van der Waals surface area contributed by atoms with Crippen LogP contribution in [0.1, 0.15) is 12.0 Å². The van der Waals surface area contributed by atoms with Crippen molar-refractivity contribution in [3.63, 3.8) is 0 Å². The number of rotatable bonds is 6. The lowest BCUT2D eigenvalue weighted by Crippen LogP contribution is -2.44. The van der Waals surface area contributed by atoms with Crippen molar-refractivity contribution in [3.8, 4) is 11.3 Å². The molecule has 2 aliphatic heterocycles. The number of nitrogens with zero attached hydrogens (tertiary/aromatic N) is 5. The predicted molar refractivity (Wildman–Crippen MR) is 130 cm³/mol. The lowest BCUT2D eigenvalue weighted by Gasteiger charge is -2.34. The second kappa shape index (κ2) is 8.27. The Morgan fingerprint density at radius 3 is 2.55 bits per heavy atom. The van der Waals surface area contributed by atoms with Crippen LogP contribution in [-0.2, 0) is 10.0 Å². The van der Waals surface area contributed by atoms with E-state index in [4.69, 9.17) is 0 Å². The lowest BCUT2D eigenvalue weighted by atomic mass is 10.1. The van der Waals surface area contributed by atoms with Crippen LogP contribution in [-0.4, -0.2) is 66.7 Å². The zero-order chi connectivity index (χ0) is 23.2. The molecule has 33 heavy (non-hydrogen) atoms.